The molecule has 0 saturated heterocycles. The summed E-state index contributed by atoms with van der Waals surface area (Å²) in [6.07, 6.45) is 0. The first-order valence-electron chi connectivity index (χ1n) is 3.43. The van der Waals surface area contributed by atoms with Crippen LogP contribution >= 0.6 is 11.6 Å². The summed E-state index contributed by atoms with van der Waals surface area (Å²) in [5, 5.41) is 17.8. The summed E-state index contributed by atoms with van der Waals surface area (Å²) in [7, 11) is 0. The lowest BCUT2D eigenvalue weighted by Gasteiger charge is -2.03. The monoisotopic (exact) mass is 198 g/mol. The van der Waals surface area contributed by atoms with Crippen molar-refractivity contribution < 1.29 is 15.0 Å². The normalized spacial score (nSPS) is 9.62. The maximum Gasteiger partial charge on any atom is 0.335 e. The molecule has 4 heteroatoms. The summed E-state index contributed by atoms with van der Waals surface area (Å²) < 4.78 is 0. The van der Waals surface area contributed by atoms with Gasteiger partial charge < -0.3 is 10.2 Å². The maximum atomic E-state index is 10.5. The lowest BCUT2D eigenvalue weighted by molar-refractivity contribution is -0.130. The average molecular weight is 199 g/mol. The highest BCUT2D eigenvalue weighted by Gasteiger charge is 2.10. The second-order valence-corrected chi connectivity index (χ2v) is 2.86. The van der Waals surface area contributed by atoms with Crippen LogP contribution in [-0.2, 0) is 4.79 Å². The van der Waals surface area contributed by atoms with E-state index < -0.39 is 5.97 Å². The number of hydrogen-bond acceptors (Lipinski definition) is 2. The van der Waals surface area contributed by atoms with E-state index in [-0.39, 0.29) is 16.3 Å². The minimum Gasteiger partial charge on any atom is -0.508 e. The number of phenolic OH excluding ortho intramolecular Hbond substituents is 1. The smallest absolute Gasteiger partial charge is 0.335 e. The van der Waals surface area contributed by atoms with Crippen molar-refractivity contribution in [2.24, 2.45) is 0 Å². The Morgan fingerprint density at radius 3 is 2.54 bits per heavy atom. The van der Waals surface area contributed by atoms with Gasteiger partial charge in [-0.15, -0.1) is 0 Å². The van der Waals surface area contributed by atoms with E-state index in [2.05, 4.69) is 6.58 Å². The highest BCUT2D eigenvalue weighted by molar-refractivity contribution is 6.34. The fourth-order valence-corrected chi connectivity index (χ4v) is 1.15. The highest BCUT2D eigenvalue weighted by Crippen LogP contribution is 2.26. The van der Waals surface area contributed by atoms with Gasteiger partial charge in [-0.3, -0.25) is 0 Å². The molecule has 68 valence electrons. The lowest BCUT2D eigenvalue weighted by atomic mass is 10.1. The Balaban J connectivity index is 3.16. The third-order valence-corrected chi connectivity index (χ3v) is 1.85. The van der Waals surface area contributed by atoms with Crippen LogP contribution in [0.4, 0.5) is 0 Å². The van der Waals surface area contributed by atoms with Crippen LogP contribution in [0.15, 0.2) is 24.8 Å². The molecule has 3 nitrogen and oxygen atoms in total. The van der Waals surface area contributed by atoms with Gasteiger partial charge in [-0.1, -0.05) is 18.2 Å². The number of rotatable bonds is 2. The second kappa shape index (κ2) is 3.49. The Hall–Kier alpha value is -1.48. The number of carbonyl (C=O) groups is 1. The minimum atomic E-state index is -1.13. The standard InChI is InChI=1S/C9H7ClO3/c1-5(9(12)13)7-3-2-6(11)4-8(7)10/h2-4,11H,1H2,(H,12,13). The first kappa shape index (κ1) is 9.61. The van der Waals surface area contributed by atoms with Gasteiger partial charge in [-0.25, -0.2) is 4.79 Å². The predicted octanol–water partition coefficient (Wildman–Crippen LogP) is 2.14. The molecule has 0 heterocycles. The summed E-state index contributed by atoms with van der Waals surface area (Å²) in [5.41, 5.74) is 0.219. The molecule has 0 aliphatic rings. The molecule has 0 aliphatic carbocycles. The fraction of sp³-hybridized carbons (Fsp3) is 0. The molecule has 0 saturated carbocycles. The predicted molar refractivity (Wildman–Crippen MR) is 49.8 cm³/mol. The molecule has 0 unspecified atom stereocenters. The first-order valence-corrected chi connectivity index (χ1v) is 3.81. The van der Waals surface area contributed by atoms with Gasteiger partial charge in [-0.2, -0.15) is 0 Å². The van der Waals surface area contributed by atoms with E-state index in [0.29, 0.717) is 5.56 Å². The zero-order chi connectivity index (χ0) is 10.0. The molecule has 0 fully saturated rings. The lowest BCUT2D eigenvalue weighted by Crippen LogP contribution is -1.98. The summed E-state index contributed by atoms with van der Waals surface area (Å²) in [6.45, 7) is 3.35. The quantitative estimate of drug-likeness (QED) is 0.716. The third-order valence-electron chi connectivity index (χ3n) is 1.54. The highest BCUT2D eigenvalue weighted by atomic mass is 35.5. The van der Waals surface area contributed by atoms with Gasteiger partial charge in [0.05, 0.1) is 10.6 Å². The number of aromatic hydroxyl groups is 1. The van der Waals surface area contributed by atoms with E-state index in [1.807, 2.05) is 0 Å². The largest absolute Gasteiger partial charge is 0.508 e. The van der Waals surface area contributed by atoms with Crippen molar-refractivity contribution in [2.75, 3.05) is 0 Å². The molecule has 0 aliphatic heterocycles. The number of carboxylic acid groups (broad SMARTS) is 1. The molecule has 2 N–H and O–H groups in total. The third kappa shape index (κ3) is 2.00. The van der Waals surface area contributed by atoms with E-state index in [4.69, 9.17) is 21.8 Å². The molecule has 1 rings (SSSR count). The number of carboxylic acids is 1. The van der Waals surface area contributed by atoms with Crippen LogP contribution in [0, 0.1) is 0 Å². The molecule has 1 aromatic carbocycles. The maximum absolute atomic E-state index is 10.5. The molecule has 0 radical (unpaired) electrons. The summed E-state index contributed by atoms with van der Waals surface area (Å²) in [6, 6.07) is 4.04. The minimum absolute atomic E-state index is 0.00746. The Labute approximate surface area is 79.9 Å². The van der Waals surface area contributed by atoms with Crippen molar-refractivity contribution in [3.8, 4) is 5.75 Å². The Bertz CT molecular complexity index is 371. The summed E-state index contributed by atoms with van der Waals surface area (Å²) in [5.74, 6) is -1.14. The molecule has 0 bridgehead atoms. The summed E-state index contributed by atoms with van der Waals surface area (Å²) in [4.78, 5) is 10.5. The molecular formula is C9H7ClO3. The number of benzene rings is 1. The Morgan fingerprint density at radius 2 is 2.08 bits per heavy atom. The van der Waals surface area contributed by atoms with Crippen LogP contribution in [0.1, 0.15) is 5.56 Å². The molecule has 13 heavy (non-hydrogen) atoms. The SMILES string of the molecule is C=C(C(=O)O)c1ccc(O)cc1Cl. The topological polar surface area (TPSA) is 57.5 Å². The number of phenols is 1. The van der Waals surface area contributed by atoms with Crippen LogP contribution in [0.2, 0.25) is 5.02 Å². The van der Waals surface area contributed by atoms with Crippen LogP contribution in [-0.4, -0.2) is 16.2 Å². The van der Waals surface area contributed by atoms with Crippen molar-refractivity contribution in [1.29, 1.82) is 0 Å². The van der Waals surface area contributed by atoms with Crippen molar-refractivity contribution in [2.45, 2.75) is 0 Å². The molecule has 1 aromatic rings. The Kier molecular flexibility index (Phi) is 2.58. The number of aliphatic carboxylic acids is 1. The zero-order valence-electron chi connectivity index (χ0n) is 6.62. The van der Waals surface area contributed by atoms with E-state index in [0.717, 1.165) is 0 Å². The zero-order valence-corrected chi connectivity index (χ0v) is 7.38. The molecule has 0 aromatic heterocycles. The molecular weight excluding hydrogens is 192 g/mol. The number of hydrogen-bond donors (Lipinski definition) is 2. The van der Waals surface area contributed by atoms with Crippen LogP contribution < -0.4 is 0 Å². The average Bonchev–Trinajstić information content (AvgIpc) is 2.03. The van der Waals surface area contributed by atoms with Gasteiger partial charge in [0.15, 0.2) is 0 Å². The van der Waals surface area contributed by atoms with E-state index in [1.165, 1.54) is 18.2 Å². The van der Waals surface area contributed by atoms with Gasteiger partial charge in [0.2, 0.25) is 0 Å². The first-order chi connectivity index (χ1) is 6.02. The van der Waals surface area contributed by atoms with Crippen molar-refractivity contribution in [3.05, 3.63) is 35.4 Å². The molecule has 0 amide bonds. The fourth-order valence-electron chi connectivity index (χ4n) is 0.864. The Morgan fingerprint density at radius 1 is 1.46 bits per heavy atom. The van der Waals surface area contributed by atoms with Gasteiger partial charge in [-0.05, 0) is 18.2 Å². The van der Waals surface area contributed by atoms with Gasteiger partial charge in [0.25, 0.3) is 0 Å². The van der Waals surface area contributed by atoms with Gasteiger partial charge >= 0.3 is 5.97 Å². The second-order valence-electron chi connectivity index (χ2n) is 2.45. The molecule has 0 atom stereocenters. The van der Waals surface area contributed by atoms with E-state index >= 15 is 0 Å². The van der Waals surface area contributed by atoms with Crippen molar-refractivity contribution in [1.82, 2.24) is 0 Å². The molecule has 0 spiro atoms. The van der Waals surface area contributed by atoms with E-state index in [1.54, 1.807) is 0 Å². The summed E-state index contributed by atoms with van der Waals surface area (Å²) >= 11 is 5.68. The van der Waals surface area contributed by atoms with Crippen LogP contribution in [0.25, 0.3) is 5.57 Å². The van der Waals surface area contributed by atoms with Gasteiger partial charge in [0.1, 0.15) is 5.75 Å². The van der Waals surface area contributed by atoms with Crippen LogP contribution in [0.3, 0.4) is 0 Å². The van der Waals surface area contributed by atoms with E-state index in [9.17, 15) is 4.79 Å². The van der Waals surface area contributed by atoms with Crippen LogP contribution in [0.5, 0.6) is 5.75 Å². The van der Waals surface area contributed by atoms with Crippen molar-refractivity contribution >= 4 is 23.1 Å². The van der Waals surface area contributed by atoms with Gasteiger partial charge in [0, 0.05) is 5.56 Å². The van der Waals surface area contributed by atoms with Crippen molar-refractivity contribution in [3.63, 3.8) is 0 Å². The number of halogens is 1.